The van der Waals surface area contributed by atoms with E-state index in [0.29, 0.717) is 34.2 Å². The highest BCUT2D eigenvalue weighted by molar-refractivity contribution is 7.15. The normalized spacial score (nSPS) is 13.9. The van der Waals surface area contributed by atoms with Crippen molar-refractivity contribution in [3.8, 4) is 23.3 Å². The molecule has 11 nitrogen and oxygen atoms in total. The number of ether oxygens (including phenoxy) is 4. The molecule has 44 heavy (non-hydrogen) atoms. The summed E-state index contributed by atoms with van der Waals surface area (Å²) >= 11 is 2.95. The van der Waals surface area contributed by atoms with E-state index in [1.165, 1.54) is 22.7 Å². The van der Waals surface area contributed by atoms with Gasteiger partial charge in [-0.3, -0.25) is 4.79 Å². The molecule has 2 aliphatic rings. The number of fused-ring (bicyclic) bond motifs is 1. The highest BCUT2D eigenvalue weighted by atomic mass is 32.1. The molecule has 3 N–H and O–H groups in total. The molecule has 0 radical (unpaired) electrons. The molecule has 13 heteroatoms. The van der Waals surface area contributed by atoms with Crippen molar-refractivity contribution in [2.75, 3.05) is 32.1 Å². The Bertz CT molecular complexity index is 1770. The number of nitrogens with two attached hydrogens (primary N) is 1. The van der Waals surface area contributed by atoms with Crippen LogP contribution in [-0.2, 0) is 23.1 Å². The van der Waals surface area contributed by atoms with Crippen molar-refractivity contribution in [2.24, 2.45) is 0 Å². The zero-order valence-corrected chi connectivity index (χ0v) is 25.7. The molecule has 4 aromatic heterocycles. The monoisotopic (exact) mass is 630 g/mol. The zero-order chi connectivity index (χ0) is 30.5. The number of benzene rings is 1. The van der Waals surface area contributed by atoms with Gasteiger partial charge in [-0.05, 0) is 42.7 Å². The summed E-state index contributed by atoms with van der Waals surface area (Å²) in [6.07, 6.45) is 10.0. The minimum Gasteiger partial charge on any atom is -0.481 e. The average molecular weight is 631 g/mol. The first-order chi connectivity index (χ1) is 21.5. The topological polar surface area (TPSA) is 144 Å². The SMILES string of the molecule is COc1ncccc1Cc1cnc(N)s1.COc1ncccc1Cc1cnc(NC(=O)C2(c3ccc4c(c3)OCO4)CC2)s1. The Kier molecular flexibility index (Phi) is 8.57. The standard InChI is InChI=1S/C21H19N3O4S.C10H11N3OS/c1-26-18-13(3-2-8-22-18)9-15-11-23-20(29-15)24-19(25)21(6-7-21)14-4-5-16-17(10-14)28-12-27-16;1-14-9-7(3-2-4-12-9)5-8-6-13-10(11)15-8/h2-5,8,10-11H,6-7,9,12H2,1H3,(H,23,24,25);2-4,6H,5H2,1H3,(H2,11,13). The number of nitrogens with zero attached hydrogens (tertiary/aromatic N) is 4. The van der Waals surface area contributed by atoms with E-state index in [4.69, 9.17) is 24.7 Å². The number of carbonyl (C=O) groups excluding carboxylic acids is 1. The predicted molar refractivity (Wildman–Crippen MR) is 168 cm³/mol. The maximum absolute atomic E-state index is 13.0. The van der Waals surface area contributed by atoms with E-state index >= 15 is 0 Å². The van der Waals surface area contributed by atoms with E-state index in [9.17, 15) is 4.79 Å². The average Bonchev–Trinajstić information content (AvgIpc) is 3.30. The van der Waals surface area contributed by atoms with Crippen LogP contribution < -0.4 is 30.0 Å². The Morgan fingerprint density at radius 3 is 2.14 bits per heavy atom. The number of methoxy groups -OCH3 is 2. The van der Waals surface area contributed by atoms with Crippen LogP contribution in [0.15, 0.2) is 67.3 Å². The lowest BCUT2D eigenvalue weighted by Gasteiger charge is -2.15. The molecule has 5 aromatic rings. The van der Waals surface area contributed by atoms with E-state index in [-0.39, 0.29) is 12.7 Å². The van der Waals surface area contributed by atoms with Gasteiger partial charge in [-0.1, -0.05) is 18.2 Å². The van der Waals surface area contributed by atoms with Gasteiger partial charge in [0.05, 0.1) is 19.6 Å². The van der Waals surface area contributed by atoms with Gasteiger partial charge in [0.1, 0.15) is 0 Å². The van der Waals surface area contributed by atoms with Crippen LogP contribution in [0, 0.1) is 0 Å². The molecule has 1 aliphatic carbocycles. The van der Waals surface area contributed by atoms with Crippen molar-refractivity contribution in [1.82, 2.24) is 19.9 Å². The third-order valence-electron chi connectivity index (χ3n) is 7.27. The number of hydrogen-bond acceptors (Lipinski definition) is 12. The van der Waals surface area contributed by atoms with Crippen LogP contribution in [0.25, 0.3) is 0 Å². The van der Waals surface area contributed by atoms with Gasteiger partial charge in [-0.25, -0.2) is 19.9 Å². The first kappa shape index (κ1) is 29.3. The number of carbonyl (C=O) groups is 1. The number of anilines is 2. The van der Waals surface area contributed by atoms with Crippen molar-refractivity contribution in [2.45, 2.75) is 31.1 Å². The van der Waals surface area contributed by atoms with Crippen LogP contribution in [0.1, 0.15) is 39.3 Å². The summed E-state index contributed by atoms with van der Waals surface area (Å²) in [5, 5.41) is 4.18. The van der Waals surface area contributed by atoms with Crippen LogP contribution in [0.3, 0.4) is 0 Å². The van der Waals surface area contributed by atoms with E-state index in [1.54, 1.807) is 39.0 Å². The Hall–Kier alpha value is -4.75. The molecule has 1 saturated carbocycles. The minimum absolute atomic E-state index is 0.0313. The molecule has 226 valence electrons. The van der Waals surface area contributed by atoms with Gasteiger partial charge in [-0.15, -0.1) is 22.7 Å². The molecule has 0 bridgehead atoms. The quantitative estimate of drug-likeness (QED) is 0.221. The molecule has 1 aromatic carbocycles. The Labute approximate surface area is 262 Å². The molecular formula is C31H30N6O5S2. The van der Waals surface area contributed by atoms with Crippen LogP contribution in [0.2, 0.25) is 0 Å². The number of amides is 1. The van der Waals surface area contributed by atoms with Gasteiger partial charge in [0.15, 0.2) is 21.8 Å². The van der Waals surface area contributed by atoms with E-state index < -0.39 is 5.41 Å². The Morgan fingerprint density at radius 2 is 1.52 bits per heavy atom. The van der Waals surface area contributed by atoms with Gasteiger partial charge in [-0.2, -0.15) is 0 Å². The number of rotatable bonds is 9. The fourth-order valence-electron chi connectivity index (χ4n) is 4.89. The van der Waals surface area contributed by atoms with Crippen LogP contribution in [-0.4, -0.2) is 46.9 Å². The highest BCUT2D eigenvalue weighted by Gasteiger charge is 2.52. The minimum atomic E-state index is -0.515. The van der Waals surface area contributed by atoms with Crippen molar-refractivity contribution in [3.63, 3.8) is 0 Å². The summed E-state index contributed by atoms with van der Waals surface area (Å²) in [6.45, 7) is 0.224. The summed E-state index contributed by atoms with van der Waals surface area (Å²) in [5.41, 5.74) is 8.03. The molecule has 0 atom stereocenters. The molecule has 1 aliphatic heterocycles. The smallest absolute Gasteiger partial charge is 0.236 e. The van der Waals surface area contributed by atoms with Crippen LogP contribution in [0.5, 0.6) is 23.3 Å². The van der Waals surface area contributed by atoms with E-state index in [1.807, 2.05) is 42.5 Å². The first-order valence-corrected chi connectivity index (χ1v) is 15.4. The largest absolute Gasteiger partial charge is 0.481 e. The lowest BCUT2D eigenvalue weighted by Crippen LogP contribution is -2.27. The maximum Gasteiger partial charge on any atom is 0.236 e. The number of nitrogens with one attached hydrogen (secondary N) is 1. The number of nitrogen functional groups attached to an aromatic ring is 1. The van der Waals surface area contributed by atoms with Crippen molar-refractivity contribution in [3.05, 3.63) is 93.7 Å². The van der Waals surface area contributed by atoms with Gasteiger partial charge in [0.25, 0.3) is 0 Å². The molecule has 1 amide bonds. The fourth-order valence-corrected chi connectivity index (χ4v) is 6.43. The second-order valence-electron chi connectivity index (χ2n) is 10.1. The second-order valence-corrected chi connectivity index (χ2v) is 12.4. The number of aromatic nitrogens is 4. The lowest BCUT2D eigenvalue weighted by molar-refractivity contribution is -0.118. The molecule has 5 heterocycles. The van der Waals surface area contributed by atoms with Crippen LogP contribution in [0.4, 0.5) is 10.3 Å². The Balaban J connectivity index is 0.000000193. The molecule has 7 rings (SSSR count). The van der Waals surface area contributed by atoms with E-state index in [2.05, 4.69) is 25.3 Å². The third kappa shape index (κ3) is 6.43. The summed E-state index contributed by atoms with van der Waals surface area (Å²) in [5.74, 6) is 2.65. The van der Waals surface area contributed by atoms with Crippen molar-refractivity contribution in [1.29, 1.82) is 0 Å². The summed E-state index contributed by atoms with van der Waals surface area (Å²) in [4.78, 5) is 31.9. The number of hydrogen-bond donors (Lipinski definition) is 2. The second kappa shape index (κ2) is 12.9. The highest BCUT2D eigenvalue weighted by Crippen LogP contribution is 2.51. The molecule has 1 fully saturated rings. The van der Waals surface area contributed by atoms with Gasteiger partial charge < -0.3 is 30.0 Å². The number of pyridine rings is 2. The number of thiazole rings is 2. The molecule has 0 spiro atoms. The zero-order valence-electron chi connectivity index (χ0n) is 24.1. The van der Waals surface area contributed by atoms with Gasteiger partial charge in [0.2, 0.25) is 24.5 Å². The van der Waals surface area contributed by atoms with Gasteiger partial charge >= 0.3 is 0 Å². The maximum atomic E-state index is 13.0. The Morgan fingerprint density at radius 1 is 0.886 bits per heavy atom. The van der Waals surface area contributed by atoms with Crippen molar-refractivity contribution < 1.29 is 23.7 Å². The molecule has 0 unspecified atom stereocenters. The van der Waals surface area contributed by atoms with Crippen LogP contribution >= 0.6 is 22.7 Å². The van der Waals surface area contributed by atoms with Crippen molar-refractivity contribution >= 4 is 38.8 Å². The first-order valence-electron chi connectivity index (χ1n) is 13.8. The molecular weight excluding hydrogens is 601 g/mol. The summed E-state index contributed by atoms with van der Waals surface area (Å²) in [7, 11) is 3.22. The van der Waals surface area contributed by atoms with Gasteiger partial charge in [0, 0.05) is 58.5 Å². The lowest BCUT2D eigenvalue weighted by atomic mass is 9.94. The summed E-state index contributed by atoms with van der Waals surface area (Å²) < 4.78 is 21.3. The fraction of sp³-hybridized carbons (Fsp3) is 0.258. The summed E-state index contributed by atoms with van der Waals surface area (Å²) in [6, 6.07) is 13.5. The van der Waals surface area contributed by atoms with E-state index in [0.717, 1.165) is 51.5 Å². The molecule has 0 saturated heterocycles. The predicted octanol–water partition coefficient (Wildman–Crippen LogP) is 5.26. The third-order valence-corrected chi connectivity index (χ3v) is 9.01.